The molecule has 0 atom stereocenters. The Balaban J connectivity index is 1.57. The molecule has 0 aliphatic carbocycles. The Bertz CT molecular complexity index is 972. The molecule has 4 aromatic rings. The first kappa shape index (κ1) is 14.5. The van der Waals surface area contributed by atoms with Crippen LogP contribution >= 0.6 is 0 Å². The summed E-state index contributed by atoms with van der Waals surface area (Å²) in [4.78, 5) is 9.25. The van der Waals surface area contributed by atoms with Crippen molar-refractivity contribution < 1.29 is 0 Å². The van der Waals surface area contributed by atoms with Crippen molar-refractivity contribution in [3.05, 3.63) is 77.7 Å². The monoisotopic (exact) mass is 315 g/mol. The predicted molar refractivity (Wildman–Crippen MR) is 94.3 cm³/mol. The standard InChI is InChI=1S/C19H17N5/c20-12-13-5-7-15(8-6-13)19-22-18(23-24-19)11-16-10-9-14-3-1-2-4-17(14)21-16/h1-10H,11-12,20H2,(H,22,23,24). The average Bonchev–Trinajstić information content (AvgIpc) is 3.10. The number of nitrogens with zero attached hydrogens (tertiary/aromatic N) is 3. The molecule has 0 unspecified atom stereocenters. The van der Waals surface area contributed by atoms with Crippen LogP contribution in [0.3, 0.4) is 0 Å². The molecule has 0 fully saturated rings. The summed E-state index contributed by atoms with van der Waals surface area (Å²) >= 11 is 0. The number of aromatic nitrogens is 4. The molecule has 5 nitrogen and oxygen atoms in total. The van der Waals surface area contributed by atoms with Crippen LogP contribution in [0.5, 0.6) is 0 Å². The molecular weight excluding hydrogens is 298 g/mol. The number of hydrogen-bond donors (Lipinski definition) is 2. The summed E-state index contributed by atoms with van der Waals surface area (Å²) in [5.74, 6) is 1.49. The third kappa shape index (κ3) is 2.89. The highest BCUT2D eigenvalue weighted by atomic mass is 15.2. The molecule has 118 valence electrons. The molecular formula is C19H17N5. The third-order valence-corrected chi connectivity index (χ3v) is 3.98. The number of nitrogens with one attached hydrogen (secondary N) is 1. The Morgan fingerprint density at radius 1 is 0.875 bits per heavy atom. The summed E-state index contributed by atoms with van der Waals surface area (Å²) in [6.07, 6.45) is 0.624. The van der Waals surface area contributed by atoms with Gasteiger partial charge in [0.2, 0.25) is 0 Å². The van der Waals surface area contributed by atoms with Crippen molar-refractivity contribution in [1.29, 1.82) is 0 Å². The second kappa shape index (κ2) is 6.22. The average molecular weight is 315 g/mol. The number of pyridine rings is 1. The maximum absolute atomic E-state index is 5.62. The van der Waals surface area contributed by atoms with Crippen LogP contribution in [0.4, 0.5) is 0 Å². The van der Waals surface area contributed by atoms with E-state index < -0.39 is 0 Å². The maximum atomic E-state index is 5.62. The van der Waals surface area contributed by atoms with E-state index in [4.69, 9.17) is 5.73 Å². The van der Waals surface area contributed by atoms with Crippen LogP contribution < -0.4 is 5.73 Å². The lowest BCUT2D eigenvalue weighted by Crippen LogP contribution is -1.95. The van der Waals surface area contributed by atoms with E-state index in [-0.39, 0.29) is 0 Å². The Kier molecular flexibility index (Phi) is 3.76. The van der Waals surface area contributed by atoms with Crippen LogP contribution in [-0.2, 0) is 13.0 Å². The fourth-order valence-electron chi connectivity index (χ4n) is 2.67. The van der Waals surface area contributed by atoms with Gasteiger partial charge in [-0.25, -0.2) is 4.98 Å². The highest BCUT2D eigenvalue weighted by molar-refractivity contribution is 5.78. The number of hydrogen-bond acceptors (Lipinski definition) is 4. The van der Waals surface area contributed by atoms with Gasteiger partial charge in [0.05, 0.1) is 5.52 Å². The molecule has 0 aliphatic heterocycles. The van der Waals surface area contributed by atoms with Crippen molar-refractivity contribution in [3.63, 3.8) is 0 Å². The molecule has 24 heavy (non-hydrogen) atoms. The van der Waals surface area contributed by atoms with Crippen LogP contribution in [0.2, 0.25) is 0 Å². The van der Waals surface area contributed by atoms with Gasteiger partial charge in [0.25, 0.3) is 0 Å². The molecule has 5 heteroatoms. The molecule has 0 radical (unpaired) electrons. The number of aromatic amines is 1. The van der Waals surface area contributed by atoms with Crippen LogP contribution in [-0.4, -0.2) is 20.2 Å². The van der Waals surface area contributed by atoms with Gasteiger partial charge in [-0.2, -0.15) is 5.10 Å². The second-order valence-electron chi connectivity index (χ2n) is 5.68. The topological polar surface area (TPSA) is 80.5 Å². The highest BCUT2D eigenvalue weighted by Crippen LogP contribution is 2.17. The Morgan fingerprint density at radius 3 is 2.54 bits per heavy atom. The lowest BCUT2D eigenvalue weighted by molar-refractivity contribution is 0.948. The molecule has 2 heterocycles. The lowest BCUT2D eigenvalue weighted by Gasteiger charge is -2.01. The number of para-hydroxylation sites is 1. The molecule has 2 aromatic carbocycles. The van der Waals surface area contributed by atoms with Gasteiger partial charge >= 0.3 is 0 Å². The lowest BCUT2D eigenvalue weighted by atomic mass is 10.1. The Morgan fingerprint density at radius 2 is 1.71 bits per heavy atom. The summed E-state index contributed by atoms with van der Waals surface area (Å²) in [6.45, 7) is 0.535. The zero-order valence-electron chi connectivity index (χ0n) is 13.1. The molecule has 3 N–H and O–H groups in total. The van der Waals surface area contributed by atoms with Crippen molar-refractivity contribution in [2.75, 3.05) is 0 Å². The van der Waals surface area contributed by atoms with E-state index in [1.807, 2.05) is 48.5 Å². The van der Waals surface area contributed by atoms with E-state index in [1.54, 1.807) is 0 Å². The van der Waals surface area contributed by atoms with Crippen LogP contribution in [0.25, 0.3) is 22.3 Å². The molecule has 0 saturated carbocycles. The van der Waals surface area contributed by atoms with Gasteiger partial charge in [-0.05, 0) is 17.7 Å². The number of rotatable bonds is 4. The first-order valence-electron chi connectivity index (χ1n) is 7.87. The third-order valence-electron chi connectivity index (χ3n) is 3.98. The van der Waals surface area contributed by atoms with E-state index in [0.29, 0.717) is 18.8 Å². The second-order valence-corrected chi connectivity index (χ2v) is 5.68. The predicted octanol–water partition coefficient (Wildman–Crippen LogP) is 3.07. The normalized spacial score (nSPS) is 11.0. The minimum absolute atomic E-state index is 0.535. The van der Waals surface area contributed by atoms with Gasteiger partial charge in [-0.15, -0.1) is 0 Å². The zero-order chi connectivity index (χ0) is 16.4. The number of H-pyrrole nitrogens is 1. The number of benzene rings is 2. The summed E-state index contributed by atoms with van der Waals surface area (Å²) in [6, 6.07) is 20.2. The molecule has 4 rings (SSSR count). The first-order chi connectivity index (χ1) is 11.8. The van der Waals surface area contributed by atoms with Gasteiger partial charge in [0, 0.05) is 29.6 Å². The van der Waals surface area contributed by atoms with E-state index >= 15 is 0 Å². The maximum Gasteiger partial charge on any atom is 0.181 e. The Hall–Kier alpha value is -3.05. The molecule has 2 aromatic heterocycles. The summed E-state index contributed by atoms with van der Waals surface area (Å²) < 4.78 is 0. The van der Waals surface area contributed by atoms with E-state index in [0.717, 1.165) is 33.5 Å². The summed E-state index contributed by atoms with van der Waals surface area (Å²) in [5.41, 5.74) is 9.65. The van der Waals surface area contributed by atoms with Gasteiger partial charge in [-0.3, -0.25) is 10.1 Å². The van der Waals surface area contributed by atoms with Crippen molar-refractivity contribution in [2.24, 2.45) is 5.73 Å². The van der Waals surface area contributed by atoms with Gasteiger partial charge in [-0.1, -0.05) is 48.5 Å². The quantitative estimate of drug-likeness (QED) is 0.606. The van der Waals surface area contributed by atoms with E-state index in [2.05, 4.69) is 32.3 Å². The van der Waals surface area contributed by atoms with Gasteiger partial charge < -0.3 is 5.73 Å². The van der Waals surface area contributed by atoms with Crippen LogP contribution in [0, 0.1) is 0 Å². The van der Waals surface area contributed by atoms with Crippen molar-refractivity contribution in [3.8, 4) is 11.4 Å². The number of nitrogens with two attached hydrogens (primary N) is 1. The summed E-state index contributed by atoms with van der Waals surface area (Å²) in [5, 5.41) is 8.45. The molecule has 0 amide bonds. The van der Waals surface area contributed by atoms with Crippen LogP contribution in [0.1, 0.15) is 17.1 Å². The molecule has 0 spiro atoms. The number of fused-ring (bicyclic) bond motifs is 1. The van der Waals surface area contributed by atoms with Gasteiger partial charge in [0.1, 0.15) is 5.82 Å². The minimum atomic E-state index is 0.535. The fourth-order valence-corrected chi connectivity index (χ4v) is 2.67. The molecule has 0 aliphatic rings. The Labute approximate surface area is 139 Å². The highest BCUT2D eigenvalue weighted by Gasteiger charge is 2.08. The fraction of sp³-hybridized carbons (Fsp3) is 0.105. The largest absolute Gasteiger partial charge is 0.326 e. The first-order valence-corrected chi connectivity index (χ1v) is 7.87. The smallest absolute Gasteiger partial charge is 0.181 e. The summed E-state index contributed by atoms with van der Waals surface area (Å²) in [7, 11) is 0. The minimum Gasteiger partial charge on any atom is -0.326 e. The zero-order valence-corrected chi connectivity index (χ0v) is 13.1. The van der Waals surface area contributed by atoms with Crippen molar-refractivity contribution in [2.45, 2.75) is 13.0 Å². The SMILES string of the molecule is NCc1ccc(-c2n[nH]c(Cc3ccc4ccccc4n3)n2)cc1. The van der Waals surface area contributed by atoms with E-state index in [1.165, 1.54) is 0 Å². The molecule has 0 bridgehead atoms. The van der Waals surface area contributed by atoms with Gasteiger partial charge in [0.15, 0.2) is 5.82 Å². The molecule has 0 saturated heterocycles. The van der Waals surface area contributed by atoms with Crippen LogP contribution in [0.15, 0.2) is 60.7 Å². The van der Waals surface area contributed by atoms with E-state index in [9.17, 15) is 0 Å². The van der Waals surface area contributed by atoms with Crippen molar-refractivity contribution in [1.82, 2.24) is 20.2 Å². The van der Waals surface area contributed by atoms with Crippen molar-refractivity contribution >= 4 is 10.9 Å².